The van der Waals surface area contributed by atoms with Gasteiger partial charge in [0, 0.05) is 12.1 Å². The van der Waals surface area contributed by atoms with Gasteiger partial charge in [0.2, 0.25) is 0 Å². The van der Waals surface area contributed by atoms with Gasteiger partial charge >= 0.3 is 5.97 Å². The molecule has 1 atom stereocenters. The summed E-state index contributed by atoms with van der Waals surface area (Å²) in [5, 5.41) is 12.7. The summed E-state index contributed by atoms with van der Waals surface area (Å²) in [7, 11) is 0. The highest BCUT2D eigenvalue weighted by Gasteiger charge is 2.36. The van der Waals surface area contributed by atoms with Gasteiger partial charge in [0.25, 0.3) is 0 Å². The Morgan fingerprint density at radius 3 is 2.29 bits per heavy atom. The van der Waals surface area contributed by atoms with Crippen molar-refractivity contribution in [2.24, 2.45) is 11.3 Å². The summed E-state index contributed by atoms with van der Waals surface area (Å²) >= 11 is 0. The Kier molecular flexibility index (Phi) is 3.76. The van der Waals surface area contributed by atoms with E-state index in [1.54, 1.807) is 0 Å². The third-order valence-corrected chi connectivity index (χ3v) is 4.77. The Morgan fingerprint density at radius 2 is 1.82 bits per heavy atom. The lowest BCUT2D eigenvalue weighted by molar-refractivity contribution is -0.142. The number of nitrogens with one attached hydrogen (secondary N) is 1. The first kappa shape index (κ1) is 12.9. The quantitative estimate of drug-likeness (QED) is 0.796. The van der Waals surface area contributed by atoms with Gasteiger partial charge in [0.1, 0.15) is 0 Å². The van der Waals surface area contributed by atoms with Gasteiger partial charge in [0.05, 0.1) is 5.92 Å². The molecule has 0 aromatic rings. The van der Waals surface area contributed by atoms with E-state index in [1.807, 2.05) is 0 Å². The number of hydrogen-bond acceptors (Lipinski definition) is 2. The number of carboxylic acids is 1. The third kappa shape index (κ3) is 3.01. The van der Waals surface area contributed by atoms with E-state index in [2.05, 4.69) is 19.2 Å². The smallest absolute Gasteiger partial charge is 0.306 e. The molecule has 2 N–H and O–H groups in total. The third-order valence-electron chi connectivity index (χ3n) is 4.77. The van der Waals surface area contributed by atoms with Crippen molar-refractivity contribution >= 4 is 5.97 Å². The van der Waals surface area contributed by atoms with Crippen molar-refractivity contribution < 1.29 is 9.90 Å². The van der Waals surface area contributed by atoms with Crippen LogP contribution in [0, 0.1) is 11.3 Å². The largest absolute Gasteiger partial charge is 0.481 e. The molecule has 0 aliphatic heterocycles. The molecule has 2 saturated carbocycles. The molecule has 0 aromatic carbocycles. The minimum Gasteiger partial charge on any atom is -0.481 e. The van der Waals surface area contributed by atoms with Crippen molar-refractivity contribution in [1.82, 2.24) is 5.32 Å². The Labute approximate surface area is 104 Å². The second kappa shape index (κ2) is 4.97. The van der Waals surface area contributed by atoms with E-state index in [1.165, 1.54) is 19.3 Å². The molecule has 17 heavy (non-hydrogen) atoms. The molecule has 0 radical (unpaired) electrons. The normalized spacial score (nSPS) is 36.9. The SMILES string of the molecule is CC1(C)CCCC1NC1CCC(C(=O)O)CC1. The second-order valence-electron chi connectivity index (χ2n) is 6.49. The summed E-state index contributed by atoms with van der Waals surface area (Å²) in [6, 6.07) is 1.18. The molecular weight excluding hydrogens is 214 g/mol. The Bertz CT molecular complexity index is 280. The van der Waals surface area contributed by atoms with Crippen LogP contribution in [-0.4, -0.2) is 23.2 Å². The predicted octanol–water partition coefficient (Wildman–Crippen LogP) is 2.80. The summed E-state index contributed by atoms with van der Waals surface area (Å²) < 4.78 is 0. The summed E-state index contributed by atoms with van der Waals surface area (Å²) in [5.41, 5.74) is 0.420. The van der Waals surface area contributed by atoms with Gasteiger partial charge in [0.15, 0.2) is 0 Å². The average Bonchev–Trinajstić information content (AvgIpc) is 2.59. The molecule has 0 amide bonds. The summed E-state index contributed by atoms with van der Waals surface area (Å²) in [4.78, 5) is 10.9. The fourth-order valence-corrected chi connectivity index (χ4v) is 3.43. The lowest BCUT2D eigenvalue weighted by atomic mass is 9.83. The molecule has 0 saturated heterocycles. The van der Waals surface area contributed by atoms with Crippen LogP contribution in [0.4, 0.5) is 0 Å². The maximum absolute atomic E-state index is 10.9. The van der Waals surface area contributed by atoms with E-state index < -0.39 is 5.97 Å². The van der Waals surface area contributed by atoms with Crippen molar-refractivity contribution in [1.29, 1.82) is 0 Å². The lowest BCUT2D eigenvalue weighted by Gasteiger charge is -2.35. The van der Waals surface area contributed by atoms with Crippen LogP contribution in [0.25, 0.3) is 0 Å². The minimum atomic E-state index is -0.607. The molecule has 2 aliphatic rings. The standard InChI is InChI=1S/C14H25NO2/c1-14(2)9-3-4-12(14)15-11-7-5-10(6-8-11)13(16)17/h10-12,15H,3-9H2,1-2H3,(H,16,17). The number of aliphatic carboxylic acids is 1. The second-order valence-corrected chi connectivity index (χ2v) is 6.49. The molecule has 2 rings (SSSR count). The highest BCUT2D eigenvalue weighted by Crippen LogP contribution is 2.38. The highest BCUT2D eigenvalue weighted by atomic mass is 16.4. The van der Waals surface area contributed by atoms with E-state index in [0.717, 1.165) is 25.7 Å². The minimum absolute atomic E-state index is 0.0929. The van der Waals surface area contributed by atoms with Crippen LogP contribution in [0.2, 0.25) is 0 Å². The lowest BCUT2D eigenvalue weighted by Crippen LogP contribution is -2.45. The Morgan fingerprint density at radius 1 is 1.18 bits per heavy atom. The zero-order valence-electron chi connectivity index (χ0n) is 11.0. The Hall–Kier alpha value is -0.570. The summed E-state index contributed by atoms with van der Waals surface area (Å²) in [6.07, 6.45) is 7.68. The fourth-order valence-electron chi connectivity index (χ4n) is 3.43. The fraction of sp³-hybridized carbons (Fsp3) is 0.929. The van der Waals surface area contributed by atoms with Crippen LogP contribution in [-0.2, 0) is 4.79 Å². The van der Waals surface area contributed by atoms with Gasteiger partial charge in [-0.2, -0.15) is 0 Å². The summed E-state index contributed by atoms with van der Waals surface area (Å²) in [5.74, 6) is -0.700. The molecule has 0 heterocycles. The number of hydrogen-bond donors (Lipinski definition) is 2. The van der Waals surface area contributed by atoms with Crippen molar-refractivity contribution in [3.8, 4) is 0 Å². The van der Waals surface area contributed by atoms with Crippen LogP contribution in [0.5, 0.6) is 0 Å². The monoisotopic (exact) mass is 239 g/mol. The van der Waals surface area contributed by atoms with Crippen LogP contribution in [0.15, 0.2) is 0 Å². The number of rotatable bonds is 3. The predicted molar refractivity (Wildman–Crippen MR) is 67.9 cm³/mol. The zero-order valence-corrected chi connectivity index (χ0v) is 11.0. The molecule has 98 valence electrons. The maximum atomic E-state index is 10.9. The number of carbonyl (C=O) groups is 1. The molecule has 2 fully saturated rings. The zero-order chi connectivity index (χ0) is 12.5. The number of carboxylic acid groups (broad SMARTS) is 1. The van der Waals surface area contributed by atoms with Crippen LogP contribution in [0.3, 0.4) is 0 Å². The molecule has 3 heteroatoms. The van der Waals surface area contributed by atoms with Crippen molar-refractivity contribution in [2.75, 3.05) is 0 Å². The molecule has 0 aromatic heterocycles. The van der Waals surface area contributed by atoms with Crippen LogP contribution >= 0.6 is 0 Å². The van der Waals surface area contributed by atoms with E-state index >= 15 is 0 Å². The van der Waals surface area contributed by atoms with Gasteiger partial charge in [-0.15, -0.1) is 0 Å². The van der Waals surface area contributed by atoms with E-state index in [0.29, 0.717) is 17.5 Å². The van der Waals surface area contributed by atoms with Crippen LogP contribution < -0.4 is 5.32 Å². The van der Waals surface area contributed by atoms with Crippen LogP contribution in [0.1, 0.15) is 58.8 Å². The van der Waals surface area contributed by atoms with Gasteiger partial charge in [-0.3, -0.25) is 4.79 Å². The van der Waals surface area contributed by atoms with Gasteiger partial charge < -0.3 is 10.4 Å². The Balaban J connectivity index is 1.80. The molecule has 3 nitrogen and oxygen atoms in total. The first-order valence-corrected chi connectivity index (χ1v) is 6.98. The van der Waals surface area contributed by atoms with Crippen molar-refractivity contribution in [3.63, 3.8) is 0 Å². The van der Waals surface area contributed by atoms with Crippen molar-refractivity contribution in [2.45, 2.75) is 70.9 Å². The topological polar surface area (TPSA) is 49.3 Å². The summed E-state index contributed by atoms with van der Waals surface area (Å²) in [6.45, 7) is 4.70. The molecule has 1 unspecified atom stereocenters. The van der Waals surface area contributed by atoms with E-state index in [-0.39, 0.29) is 5.92 Å². The maximum Gasteiger partial charge on any atom is 0.306 e. The van der Waals surface area contributed by atoms with E-state index in [4.69, 9.17) is 5.11 Å². The first-order chi connectivity index (χ1) is 7.99. The van der Waals surface area contributed by atoms with E-state index in [9.17, 15) is 4.79 Å². The van der Waals surface area contributed by atoms with Crippen molar-refractivity contribution in [3.05, 3.63) is 0 Å². The highest BCUT2D eigenvalue weighted by molar-refractivity contribution is 5.70. The van der Waals surface area contributed by atoms with Gasteiger partial charge in [-0.1, -0.05) is 20.3 Å². The first-order valence-electron chi connectivity index (χ1n) is 6.98. The van der Waals surface area contributed by atoms with Gasteiger partial charge in [-0.25, -0.2) is 0 Å². The molecule has 0 bridgehead atoms. The molecular formula is C14H25NO2. The average molecular weight is 239 g/mol. The molecule has 2 aliphatic carbocycles. The van der Waals surface area contributed by atoms with Gasteiger partial charge in [-0.05, 0) is 43.9 Å². The molecule has 0 spiro atoms.